The van der Waals surface area contributed by atoms with E-state index < -0.39 is 16.0 Å². The van der Waals surface area contributed by atoms with Crippen LogP contribution in [0, 0.1) is 0 Å². The van der Waals surface area contributed by atoms with Gasteiger partial charge in [-0.25, -0.2) is 13.2 Å². The topological polar surface area (TPSA) is 81.7 Å². The summed E-state index contributed by atoms with van der Waals surface area (Å²) in [7, 11) is -3.62. The van der Waals surface area contributed by atoms with E-state index in [2.05, 4.69) is 4.72 Å². The van der Waals surface area contributed by atoms with E-state index in [1.54, 1.807) is 49.4 Å². The lowest BCUT2D eigenvalue weighted by atomic mass is 10.3. The summed E-state index contributed by atoms with van der Waals surface area (Å²) in [6.07, 6.45) is 0. The predicted molar refractivity (Wildman–Crippen MR) is 85.8 cm³/mol. The van der Waals surface area contributed by atoms with Crippen molar-refractivity contribution >= 4 is 21.7 Å². The standard InChI is InChI=1S/C16H17NO5S/c1-2-21-16(18)12-22-14-10-8-13(9-11-14)17-23(19,20)15-6-4-3-5-7-15/h3-11,17H,2,12H2,1H3. The summed E-state index contributed by atoms with van der Waals surface area (Å²) >= 11 is 0. The number of carbonyl (C=O) groups excluding carboxylic acids is 1. The number of anilines is 1. The third-order valence-electron chi connectivity index (χ3n) is 2.82. The van der Waals surface area contributed by atoms with Crippen LogP contribution in [0.25, 0.3) is 0 Å². The molecule has 2 aromatic rings. The summed E-state index contributed by atoms with van der Waals surface area (Å²) in [5, 5.41) is 0. The molecule has 0 aromatic heterocycles. The molecule has 1 N–H and O–H groups in total. The van der Waals surface area contributed by atoms with Gasteiger partial charge in [0.2, 0.25) is 0 Å². The van der Waals surface area contributed by atoms with Crippen molar-refractivity contribution in [3.05, 3.63) is 54.6 Å². The van der Waals surface area contributed by atoms with Gasteiger partial charge >= 0.3 is 5.97 Å². The van der Waals surface area contributed by atoms with Gasteiger partial charge in [0.15, 0.2) is 6.61 Å². The van der Waals surface area contributed by atoms with Crippen molar-refractivity contribution in [1.82, 2.24) is 0 Å². The molecule has 0 bridgehead atoms. The lowest BCUT2D eigenvalue weighted by molar-refractivity contribution is -0.145. The Morgan fingerprint density at radius 2 is 1.70 bits per heavy atom. The number of benzene rings is 2. The van der Waals surface area contributed by atoms with E-state index in [9.17, 15) is 13.2 Å². The molecule has 7 heteroatoms. The number of esters is 1. The largest absolute Gasteiger partial charge is 0.482 e. The van der Waals surface area contributed by atoms with Crippen molar-refractivity contribution in [2.24, 2.45) is 0 Å². The van der Waals surface area contributed by atoms with Crippen LogP contribution in [0.4, 0.5) is 5.69 Å². The summed E-state index contributed by atoms with van der Waals surface area (Å²) in [6.45, 7) is 1.82. The van der Waals surface area contributed by atoms with Gasteiger partial charge in [-0.2, -0.15) is 0 Å². The van der Waals surface area contributed by atoms with E-state index in [1.807, 2.05) is 0 Å². The van der Waals surface area contributed by atoms with E-state index >= 15 is 0 Å². The molecule has 0 spiro atoms. The maximum atomic E-state index is 12.2. The first-order valence-corrected chi connectivity index (χ1v) is 8.46. The number of nitrogens with one attached hydrogen (secondary N) is 1. The minimum atomic E-state index is -3.62. The van der Waals surface area contributed by atoms with E-state index in [-0.39, 0.29) is 11.5 Å². The number of sulfonamides is 1. The van der Waals surface area contributed by atoms with Crippen molar-refractivity contribution in [1.29, 1.82) is 0 Å². The highest BCUT2D eigenvalue weighted by molar-refractivity contribution is 7.92. The van der Waals surface area contributed by atoms with E-state index in [1.165, 1.54) is 12.1 Å². The molecular formula is C16H17NO5S. The van der Waals surface area contributed by atoms with Gasteiger partial charge in [-0.1, -0.05) is 18.2 Å². The highest BCUT2D eigenvalue weighted by Crippen LogP contribution is 2.19. The Balaban J connectivity index is 1.99. The second kappa shape index (κ2) is 7.64. The first-order chi connectivity index (χ1) is 11.0. The van der Waals surface area contributed by atoms with Crippen molar-refractivity contribution in [2.75, 3.05) is 17.9 Å². The minimum absolute atomic E-state index is 0.183. The smallest absolute Gasteiger partial charge is 0.344 e. The highest BCUT2D eigenvalue weighted by atomic mass is 32.2. The Bertz CT molecular complexity index is 742. The summed E-state index contributed by atoms with van der Waals surface area (Å²) < 4.78 is 36.8. The molecule has 0 fully saturated rings. The number of rotatable bonds is 7. The van der Waals surface area contributed by atoms with Crippen LogP contribution in [0.3, 0.4) is 0 Å². The molecule has 2 rings (SSSR count). The lowest BCUT2D eigenvalue weighted by Crippen LogP contribution is -2.15. The van der Waals surface area contributed by atoms with Crippen molar-refractivity contribution in [3.63, 3.8) is 0 Å². The third kappa shape index (κ3) is 5.00. The zero-order valence-corrected chi connectivity index (χ0v) is 13.4. The van der Waals surface area contributed by atoms with E-state index in [0.717, 1.165) is 0 Å². The highest BCUT2D eigenvalue weighted by Gasteiger charge is 2.13. The quantitative estimate of drug-likeness (QED) is 0.786. The molecule has 0 saturated heterocycles. The Morgan fingerprint density at radius 3 is 2.30 bits per heavy atom. The van der Waals surface area contributed by atoms with Crippen molar-refractivity contribution in [2.45, 2.75) is 11.8 Å². The van der Waals surface area contributed by atoms with Crippen LogP contribution < -0.4 is 9.46 Å². The second-order valence-electron chi connectivity index (χ2n) is 4.54. The Hall–Kier alpha value is -2.54. The SMILES string of the molecule is CCOC(=O)COc1ccc(NS(=O)(=O)c2ccccc2)cc1. The molecular weight excluding hydrogens is 318 g/mol. The zero-order valence-electron chi connectivity index (χ0n) is 12.6. The van der Waals surface area contributed by atoms with Gasteiger partial charge in [-0.3, -0.25) is 4.72 Å². The Labute approximate surface area is 135 Å². The average Bonchev–Trinajstić information content (AvgIpc) is 2.55. The lowest BCUT2D eigenvalue weighted by Gasteiger charge is -2.09. The van der Waals surface area contributed by atoms with Crippen LogP contribution in [-0.2, 0) is 19.6 Å². The van der Waals surface area contributed by atoms with Crippen molar-refractivity contribution in [3.8, 4) is 5.75 Å². The van der Waals surface area contributed by atoms with Gasteiger partial charge in [-0.15, -0.1) is 0 Å². The number of carbonyl (C=O) groups is 1. The summed E-state index contributed by atoms with van der Waals surface area (Å²) in [5.74, 6) is -0.0120. The molecule has 0 heterocycles. The molecule has 0 amide bonds. The van der Waals surface area contributed by atoms with Gasteiger partial charge in [0.1, 0.15) is 5.75 Å². The third-order valence-corrected chi connectivity index (χ3v) is 4.22. The van der Waals surface area contributed by atoms with E-state index in [4.69, 9.17) is 9.47 Å². The molecule has 6 nitrogen and oxygen atoms in total. The first kappa shape index (κ1) is 16.8. The molecule has 0 unspecified atom stereocenters. The molecule has 0 radical (unpaired) electrons. The van der Waals surface area contributed by atoms with Crippen LogP contribution in [-0.4, -0.2) is 27.6 Å². The molecule has 0 aliphatic carbocycles. The maximum absolute atomic E-state index is 12.2. The van der Waals surface area contributed by atoms with Crippen molar-refractivity contribution < 1.29 is 22.7 Å². The van der Waals surface area contributed by atoms with Gasteiger partial charge in [-0.05, 0) is 43.3 Å². The number of ether oxygens (including phenoxy) is 2. The fourth-order valence-electron chi connectivity index (χ4n) is 1.78. The average molecular weight is 335 g/mol. The second-order valence-corrected chi connectivity index (χ2v) is 6.22. The number of hydrogen-bond acceptors (Lipinski definition) is 5. The first-order valence-electron chi connectivity index (χ1n) is 6.97. The Kier molecular flexibility index (Phi) is 5.59. The molecule has 2 aromatic carbocycles. The normalized spacial score (nSPS) is 10.8. The summed E-state index contributed by atoms with van der Waals surface area (Å²) in [6, 6.07) is 14.3. The zero-order chi connectivity index (χ0) is 16.7. The van der Waals surface area contributed by atoms with Gasteiger partial charge in [0.05, 0.1) is 11.5 Å². The molecule has 0 saturated carbocycles. The van der Waals surface area contributed by atoms with Gasteiger partial charge in [0.25, 0.3) is 10.0 Å². The Morgan fingerprint density at radius 1 is 1.04 bits per heavy atom. The van der Waals surface area contributed by atoms with Gasteiger partial charge < -0.3 is 9.47 Å². The maximum Gasteiger partial charge on any atom is 0.344 e. The fraction of sp³-hybridized carbons (Fsp3) is 0.188. The van der Waals surface area contributed by atoms with Crippen LogP contribution in [0.5, 0.6) is 5.75 Å². The summed E-state index contributed by atoms with van der Waals surface area (Å²) in [5.41, 5.74) is 0.400. The molecule has 23 heavy (non-hydrogen) atoms. The van der Waals surface area contributed by atoms with Crippen LogP contribution in [0.1, 0.15) is 6.92 Å². The molecule has 0 aliphatic heterocycles. The molecule has 0 aliphatic rings. The van der Waals surface area contributed by atoms with Gasteiger partial charge in [0, 0.05) is 5.69 Å². The minimum Gasteiger partial charge on any atom is -0.482 e. The van der Waals surface area contributed by atoms with Crippen LogP contribution >= 0.6 is 0 Å². The van der Waals surface area contributed by atoms with E-state index in [0.29, 0.717) is 18.0 Å². The van der Waals surface area contributed by atoms with Crippen LogP contribution in [0.2, 0.25) is 0 Å². The predicted octanol–water partition coefficient (Wildman–Crippen LogP) is 2.43. The molecule has 122 valence electrons. The molecule has 0 atom stereocenters. The fourth-order valence-corrected chi connectivity index (χ4v) is 2.86. The van der Waals surface area contributed by atoms with Crippen LogP contribution in [0.15, 0.2) is 59.5 Å². The monoisotopic (exact) mass is 335 g/mol. The summed E-state index contributed by atoms with van der Waals surface area (Å²) in [4.78, 5) is 11.4. The number of hydrogen-bond donors (Lipinski definition) is 1.